The fourth-order valence-electron chi connectivity index (χ4n) is 2.22. The molecule has 0 aliphatic heterocycles. The van der Waals surface area contributed by atoms with Crippen molar-refractivity contribution in [1.29, 1.82) is 0 Å². The predicted octanol–water partition coefficient (Wildman–Crippen LogP) is 4.36. The first-order chi connectivity index (χ1) is 10.2. The van der Waals surface area contributed by atoms with Gasteiger partial charge in [-0.25, -0.2) is 0 Å². The Kier molecular flexibility index (Phi) is 6.55. The van der Waals surface area contributed by atoms with Gasteiger partial charge >= 0.3 is 0 Å². The molecule has 0 aliphatic rings. The number of likely N-dealkylation sites (N-methyl/N-ethyl adjacent to an activating group) is 1. The van der Waals surface area contributed by atoms with E-state index in [1.54, 1.807) is 12.4 Å². The summed E-state index contributed by atoms with van der Waals surface area (Å²) in [4.78, 5) is 5.39. The summed E-state index contributed by atoms with van der Waals surface area (Å²) in [6.45, 7) is 5.26. The standard InChI is InChI=1S/C17H21ClN2S/c1-3-20-15(10-14-8-9-19-11-16(14)18)12-21-17-7-5-4-6-13(17)2/h4-9,11,15,20H,3,10,12H2,1-2H3. The normalized spacial score (nSPS) is 12.3. The van der Waals surface area contributed by atoms with Gasteiger partial charge in [-0.15, -0.1) is 11.8 Å². The number of hydrogen-bond donors (Lipinski definition) is 1. The SMILES string of the molecule is CCNC(CSc1ccccc1C)Cc1ccncc1Cl. The van der Waals surface area contributed by atoms with Gasteiger partial charge in [-0.3, -0.25) is 4.98 Å². The molecule has 0 spiro atoms. The highest BCUT2D eigenvalue weighted by molar-refractivity contribution is 7.99. The molecule has 2 rings (SSSR count). The molecular weight excluding hydrogens is 300 g/mol. The molecule has 1 atom stereocenters. The number of nitrogens with zero attached hydrogens (tertiary/aromatic N) is 1. The average molecular weight is 321 g/mol. The van der Waals surface area contributed by atoms with Gasteiger partial charge in [-0.05, 0) is 43.1 Å². The molecule has 1 N–H and O–H groups in total. The first kappa shape index (κ1) is 16.3. The fourth-order valence-corrected chi connectivity index (χ4v) is 3.51. The highest BCUT2D eigenvalue weighted by Gasteiger charge is 2.12. The second kappa shape index (κ2) is 8.42. The zero-order valence-corrected chi connectivity index (χ0v) is 14.0. The first-order valence-corrected chi connectivity index (χ1v) is 8.57. The number of hydrogen-bond acceptors (Lipinski definition) is 3. The minimum absolute atomic E-state index is 0.402. The summed E-state index contributed by atoms with van der Waals surface area (Å²) in [6.07, 6.45) is 4.45. The molecule has 1 aromatic carbocycles. The lowest BCUT2D eigenvalue weighted by Gasteiger charge is -2.18. The summed E-state index contributed by atoms with van der Waals surface area (Å²) in [5.41, 5.74) is 2.49. The predicted molar refractivity (Wildman–Crippen MR) is 92.3 cm³/mol. The Morgan fingerprint density at radius 1 is 1.29 bits per heavy atom. The van der Waals surface area contributed by atoms with E-state index in [1.165, 1.54) is 10.5 Å². The van der Waals surface area contributed by atoms with Crippen molar-refractivity contribution in [2.24, 2.45) is 0 Å². The molecule has 0 amide bonds. The summed E-state index contributed by atoms with van der Waals surface area (Å²) >= 11 is 8.11. The molecule has 2 nitrogen and oxygen atoms in total. The topological polar surface area (TPSA) is 24.9 Å². The zero-order chi connectivity index (χ0) is 15.1. The van der Waals surface area contributed by atoms with Crippen LogP contribution < -0.4 is 5.32 Å². The van der Waals surface area contributed by atoms with Crippen molar-refractivity contribution in [3.8, 4) is 0 Å². The lowest BCUT2D eigenvalue weighted by atomic mass is 10.1. The maximum Gasteiger partial charge on any atom is 0.0621 e. The number of pyridine rings is 1. The smallest absolute Gasteiger partial charge is 0.0621 e. The van der Waals surface area contributed by atoms with Gasteiger partial charge in [0.15, 0.2) is 0 Å². The van der Waals surface area contributed by atoms with E-state index in [1.807, 2.05) is 17.8 Å². The molecule has 4 heteroatoms. The second-order valence-electron chi connectivity index (χ2n) is 5.00. The van der Waals surface area contributed by atoms with E-state index in [0.717, 1.165) is 29.3 Å². The van der Waals surface area contributed by atoms with Gasteiger partial charge in [0.1, 0.15) is 0 Å². The Hall–Kier alpha value is -1.03. The third kappa shape index (κ3) is 5.03. The lowest BCUT2D eigenvalue weighted by molar-refractivity contribution is 0.572. The van der Waals surface area contributed by atoms with E-state index in [2.05, 4.69) is 48.4 Å². The van der Waals surface area contributed by atoms with Crippen LogP contribution in [0.1, 0.15) is 18.1 Å². The van der Waals surface area contributed by atoms with Crippen LogP contribution in [0.4, 0.5) is 0 Å². The summed E-state index contributed by atoms with van der Waals surface area (Å²) in [5.74, 6) is 1.03. The first-order valence-electron chi connectivity index (χ1n) is 7.21. The van der Waals surface area contributed by atoms with Crippen LogP contribution in [-0.4, -0.2) is 23.3 Å². The second-order valence-corrected chi connectivity index (χ2v) is 6.47. The zero-order valence-electron chi connectivity index (χ0n) is 12.5. The Morgan fingerprint density at radius 3 is 2.81 bits per heavy atom. The maximum absolute atomic E-state index is 6.21. The number of thioether (sulfide) groups is 1. The summed E-state index contributed by atoms with van der Waals surface area (Å²) in [5, 5.41) is 4.30. The average Bonchev–Trinajstić information content (AvgIpc) is 2.48. The number of rotatable bonds is 7. The minimum atomic E-state index is 0.402. The molecule has 0 bridgehead atoms. The van der Waals surface area contributed by atoms with E-state index in [9.17, 15) is 0 Å². The van der Waals surface area contributed by atoms with Gasteiger partial charge in [-0.2, -0.15) is 0 Å². The highest BCUT2D eigenvalue weighted by atomic mass is 35.5. The Morgan fingerprint density at radius 2 is 2.10 bits per heavy atom. The van der Waals surface area contributed by atoms with Crippen LogP contribution in [0.5, 0.6) is 0 Å². The quantitative estimate of drug-likeness (QED) is 0.767. The van der Waals surface area contributed by atoms with E-state index in [-0.39, 0.29) is 0 Å². The molecule has 0 aliphatic carbocycles. The maximum atomic E-state index is 6.21. The molecule has 0 radical (unpaired) electrons. The highest BCUT2D eigenvalue weighted by Crippen LogP contribution is 2.24. The Bertz CT molecular complexity index is 574. The van der Waals surface area contributed by atoms with Crippen LogP contribution in [0.15, 0.2) is 47.6 Å². The van der Waals surface area contributed by atoms with Crippen LogP contribution in [0.3, 0.4) is 0 Å². The van der Waals surface area contributed by atoms with Crippen molar-refractivity contribution in [1.82, 2.24) is 10.3 Å². The Balaban J connectivity index is 1.99. The molecule has 1 unspecified atom stereocenters. The van der Waals surface area contributed by atoms with Crippen LogP contribution >= 0.6 is 23.4 Å². The summed E-state index contributed by atoms with van der Waals surface area (Å²) < 4.78 is 0. The fraction of sp³-hybridized carbons (Fsp3) is 0.353. The number of aromatic nitrogens is 1. The van der Waals surface area contributed by atoms with Crippen molar-refractivity contribution in [3.63, 3.8) is 0 Å². The molecule has 0 saturated carbocycles. The van der Waals surface area contributed by atoms with E-state index >= 15 is 0 Å². The molecule has 0 saturated heterocycles. The summed E-state index contributed by atoms with van der Waals surface area (Å²) in [7, 11) is 0. The molecular formula is C17H21ClN2S. The van der Waals surface area contributed by atoms with Crippen LogP contribution in [0.25, 0.3) is 0 Å². The molecule has 21 heavy (non-hydrogen) atoms. The minimum Gasteiger partial charge on any atom is -0.313 e. The molecule has 112 valence electrons. The third-order valence-electron chi connectivity index (χ3n) is 3.35. The number of halogens is 1. The van der Waals surface area contributed by atoms with E-state index in [0.29, 0.717) is 6.04 Å². The van der Waals surface area contributed by atoms with Crippen molar-refractivity contribution >= 4 is 23.4 Å². The third-order valence-corrected chi connectivity index (χ3v) is 5.03. The van der Waals surface area contributed by atoms with Gasteiger partial charge in [0.05, 0.1) is 5.02 Å². The lowest BCUT2D eigenvalue weighted by Crippen LogP contribution is -2.33. The van der Waals surface area contributed by atoms with Gasteiger partial charge in [0.25, 0.3) is 0 Å². The van der Waals surface area contributed by atoms with Crippen molar-refractivity contribution in [2.75, 3.05) is 12.3 Å². The molecule has 1 heterocycles. The van der Waals surface area contributed by atoms with Gasteiger partial charge in [0.2, 0.25) is 0 Å². The number of nitrogens with one attached hydrogen (secondary N) is 1. The van der Waals surface area contributed by atoms with Crippen LogP contribution in [-0.2, 0) is 6.42 Å². The van der Waals surface area contributed by atoms with Crippen molar-refractivity contribution in [2.45, 2.75) is 31.2 Å². The van der Waals surface area contributed by atoms with E-state index < -0.39 is 0 Å². The number of benzene rings is 1. The molecule has 2 aromatic rings. The monoisotopic (exact) mass is 320 g/mol. The van der Waals surface area contributed by atoms with E-state index in [4.69, 9.17) is 11.6 Å². The molecule has 0 fully saturated rings. The van der Waals surface area contributed by atoms with Crippen molar-refractivity contribution in [3.05, 3.63) is 58.9 Å². The number of aryl methyl sites for hydroxylation is 1. The van der Waals surface area contributed by atoms with Gasteiger partial charge in [0, 0.05) is 29.1 Å². The largest absolute Gasteiger partial charge is 0.313 e. The van der Waals surface area contributed by atoms with Gasteiger partial charge < -0.3 is 5.32 Å². The molecule has 1 aromatic heterocycles. The Labute approximate surface area is 136 Å². The van der Waals surface area contributed by atoms with Gasteiger partial charge in [-0.1, -0.05) is 36.7 Å². The summed E-state index contributed by atoms with van der Waals surface area (Å²) in [6, 6.07) is 10.9. The van der Waals surface area contributed by atoms with Crippen molar-refractivity contribution < 1.29 is 0 Å². The van der Waals surface area contributed by atoms with Crippen LogP contribution in [0.2, 0.25) is 5.02 Å². The van der Waals surface area contributed by atoms with Crippen LogP contribution in [0, 0.1) is 6.92 Å².